The number of aromatic hydroxyl groups is 1. The largest absolute Gasteiger partial charge is 0.507 e. The van der Waals surface area contributed by atoms with Gasteiger partial charge in [0.05, 0.1) is 18.2 Å². The van der Waals surface area contributed by atoms with Crippen LogP contribution in [0.15, 0.2) is 59.5 Å². The Morgan fingerprint density at radius 1 is 1.09 bits per heavy atom. The van der Waals surface area contributed by atoms with Gasteiger partial charge in [-0.15, -0.1) is 0 Å². The predicted molar refractivity (Wildman–Crippen MR) is 117 cm³/mol. The van der Waals surface area contributed by atoms with Crippen LogP contribution in [0.2, 0.25) is 0 Å². The molecule has 2 aromatic carbocycles. The summed E-state index contributed by atoms with van der Waals surface area (Å²) in [6, 6.07) is 11.2. The number of aromatic nitrogens is 2. The van der Waals surface area contributed by atoms with Gasteiger partial charge in [-0.05, 0) is 47.5 Å². The molecular formula is C24H19F2N3O4. The third kappa shape index (κ3) is 4.67. The van der Waals surface area contributed by atoms with Gasteiger partial charge in [0.2, 0.25) is 5.88 Å². The van der Waals surface area contributed by atoms with Crippen LogP contribution in [-0.2, 0) is 13.0 Å². The summed E-state index contributed by atoms with van der Waals surface area (Å²) in [5.41, 5.74) is 1.13. The number of nitrogens with one attached hydrogen (secondary N) is 2. The summed E-state index contributed by atoms with van der Waals surface area (Å²) in [6.45, 7) is 0.231. The van der Waals surface area contributed by atoms with Crippen molar-refractivity contribution in [2.24, 2.45) is 0 Å². The minimum absolute atomic E-state index is 0.0186. The van der Waals surface area contributed by atoms with Crippen molar-refractivity contribution in [3.63, 3.8) is 0 Å². The lowest BCUT2D eigenvalue weighted by atomic mass is 10.0. The molecule has 2 aromatic heterocycles. The molecular weight excluding hydrogens is 432 g/mol. The minimum atomic E-state index is -1.05. The van der Waals surface area contributed by atoms with E-state index in [1.807, 2.05) is 0 Å². The second-order valence-electron chi connectivity index (χ2n) is 7.36. The Labute approximate surface area is 186 Å². The van der Waals surface area contributed by atoms with Crippen LogP contribution in [0.1, 0.15) is 27.0 Å². The summed E-state index contributed by atoms with van der Waals surface area (Å²) in [5, 5.41) is 13.8. The zero-order valence-corrected chi connectivity index (χ0v) is 17.5. The monoisotopic (exact) mass is 451 g/mol. The second-order valence-corrected chi connectivity index (χ2v) is 7.36. The average Bonchev–Trinajstić information content (AvgIpc) is 2.82. The Kier molecular flexibility index (Phi) is 6.03. The van der Waals surface area contributed by atoms with Gasteiger partial charge in [-0.1, -0.05) is 6.07 Å². The molecule has 168 valence electrons. The third-order valence-electron chi connectivity index (χ3n) is 5.17. The molecule has 4 aromatic rings. The summed E-state index contributed by atoms with van der Waals surface area (Å²) < 4.78 is 31.8. The van der Waals surface area contributed by atoms with Crippen molar-refractivity contribution in [2.75, 3.05) is 7.11 Å². The molecule has 9 heteroatoms. The molecule has 0 spiro atoms. The number of aromatic amines is 1. The highest BCUT2D eigenvalue weighted by Gasteiger charge is 2.16. The number of pyridine rings is 2. The predicted octanol–water partition coefficient (Wildman–Crippen LogP) is 3.44. The highest BCUT2D eigenvalue weighted by molar-refractivity contribution is 5.99. The fourth-order valence-electron chi connectivity index (χ4n) is 3.43. The Bertz CT molecular complexity index is 1420. The number of carbonyl (C=O) groups is 1. The summed E-state index contributed by atoms with van der Waals surface area (Å²) in [7, 11) is 1.50. The van der Waals surface area contributed by atoms with E-state index in [1.54, 1.807) is 18.3 Å². The van der Waals surface area contributed by atoms with Gasteiger partial charge in [0, 0.05) is 36.2 Å². The number of H-pyrrole nitrogens is 1. The number of hydrogen-bond donors (Lipinski definition) is 3. The fraction of sp³-hybridized carbons (Fsp3) is 0.125. The maximum Gasteiger partial charge on any atom is 0.255 e. The molecule has 3 N–H and O–H groups in total. The molecule has 0 aliphatic carbocycles. The minimum Gasteiger partial charge on any atom is -0.507 e. The van der Waals surface area contributed by atoms with Crippen LogP contribution in [0, 0.1) is 11.6 Å². The number of fused-ring (bicyclic) bond motifs is 1. The van der Waals surface area contributed by atoms with Crippen LogP contribution in [0.5, 0.6) is 11.6 Å². The van der Waals surface area contributed by atoms with Crippen molar-refractivity contribution < 1.29 is 23.4 Å². The van der Waals surface area contributed by atoms with Gasteiger partial charge in [0.15, 0.2) is 11.6 Å². The van der Waals surface area contributed by atoms with Gasteiger partial charge in [0.25, 0.3) is 11.5 Å². The number of benzene rings is 2. The molecule has 0 bridgehead atoms. The fourth-order valence-corrected chi connectivity index (χ4v) is 3.43. The van der Waals surface area contributed by atoms with Crippen LogP contribution in [0.25, 0.3) is 10.9 Å². The van der Waals surface area contributed by atoms with Crippen LogP contribution < -0.4 is 15.6 Å². The normalized spacial score (nSPS) is 10.9. The van der Waals surface area contributed by atoms with Crippen LogP contribution >= 0.6 is 0 Å². The van der Waals surface area contributed by atoms with Crippen molar-refractivity contribution in [2.45, 2.75) is 13.0 Å². The molecule has 0 saturated carbocycles. The number of rotatable bonds is 6. The van der Waals surface area contributed by atoms with E-state index in [0.29, 0.717) is 17.0 Å². The molecule has 1 amide bonds. The van der Waals surface area contributed by atoms with E-state index in [9.17, 15) is 23.5 Å². The van der Waals surface area contributed by atoms with Gasteiger partial charge in [0.1, 0.15) is 5.75 Å². The number of carbonyl (C=O) groups excluding carboxylic acids is 1. The Hall–Kier alpha value is -4.27. The lowest BCUT2D eigenvalue weighted by Gasteiger charge is -2.10. The molecule has 0 saturated heterocycles. The van der Waals surface area contributed by atoms with Gasteiger partial charge >= 0.3 is 0 Å². The van der Waals surface area contributed by atoms with Crippen molar-refractivity contribution in [1.29, 1.82) is 0 Å². The first-order valence-corrected chi connectivity index (χ1v) is 9.94. The summed E-state index contributed by atoms with van der Waals surface area (Å²) in [5.74, 6) is -2.34. The number of methoxy groups -OCH3 is 1. The lowest BCUT2D eigenvalue weighted by molar-refractivity contribution is 0.0951. The van der Waals surface area contributed by atoms with E-state index < -0.39 is 17.2 Å². The quantitative estimate of drug-likeness (QED) is 0.417. The number of amides is 1. The van der Waals surface area contributed by atoms with Crippen LogP contribution in [-0.4, -0.2) is 28.1 Å². The molecule has 33 heavy (non-hydrogen) atoms. The van der Waals surface area contributed by atoms with E-state index in [1.165, 1.54) is 31.4 Å². The number of hydrogen-bond acceptors (Lipinski definition) is 5. The molecule has 2 heterocycles. The van der Waals surface area contributed by atoms with Gasteiger partial charge in [-0.25, -0.2) is 13.8 Å². The smallest absolute Gasteiger partial charge is 0.255 e. The summed E-state index contributed by atoms with van der Waals surface area (Å²) >= 11 is 0. The van der Waals surface area contributed by atoms with Crippen molar-refractivity contribution in [1.82, 2.24) is 15.3 Å². The highest BCUT2D eigenvalue weighted by atomic mass is 19.2. The standard InChI is InChI=1S/C24H19F2N3O4/c1-33-21-10-14(6-7-27-21)12-28-23(31)15-3-5-20-16(11-15)22(30)17(24(32)29-20)8-13-2-4-18(25)19(26)9-13/h2-7,9-11H,8,12H2,1H3,(H,28,31)(H2,29,30,32). The molecule has 4 rings (SSSR count). The molecule has 0 radical (unpaired) electrons. The lowest BCUT2D eigenvalue weighted by Crippen LogP contribution is -2.23. The van der Waals surface area contributed by atoms with Gasteiger partial charge < -0.3 is 20.1 Å². The Balaban J connectivity index is 1.61. The Morgan fingerprint density at radius 3 is 2.67 bits per heavy atom. The zero-order chi connectivity index (χ0) is 23.5. The number of ether oxygens (including phenoxy) is 1. The molecule has 0 unspecified atom stereocenters. The molecule has 0 atom stereocenters. The number of nitrogens with zero attached hydrogens (tertiary/aromatic N) is 1. The summed E-state index contributed by atoms with van der Waals surface area (Å²) in [6.07, 6.45) is 1.45. The molecule has 7 nitrogen and oxygen atoms in total. The van der Waals surface area contributed by atoms with E-state index in [-0.39, 0.29) is 41.1 Å². The first-order valence-electron chi connectivity index (χ1n) is 9.94. The van der Waals surface area contributed by atoms with Gasteiger partial charge in [-0.3, -0.25) is 9.59 Å². The maximum atomic E-state index is 13.5. The first-order chi connectivity index (χ1) is 15.9. The molecule has 0 aliphatic rings. The van der Waals surface area contributed by atoms with E-state index >= 15 is 0 Å². The highest BCUT2D eigenvalue weighted by Crippen LogP contribution is 2.28. The average molecular weight is 451 g/mol. The van der Waals surface area contributed by atoms with Crippen molar-refractivity contribution >= 4 is 16.8 Å². The first kappa shape index (κ1) is 21.9. The van der Waals surface area contributed by atoms with Crippen LogP contribution in [0.3, 0.4) is 0 Å². The van der Waals surface area contributed by atoms with E-state index in [2.05, 4.69) is 15.3 Å². The summed E-state index contributed by atoms with van der Waals surface area (Å²) in [4.78, 5) is 31.8. The molecule has 0 fully saturated rings. The Morgan fingerprint density at radius 2 is 1.91 bits per heavy atom. The van der Waals surface area contributed by atoms with Gasteiger partial charge in [-0.2, -0.15) is 0 Å². The van der Waals surface area contributed by atoms with Crippen LogP contribution in [0.4, 0.5) is 8.78 Å². The zero-order valence-electron chi connectivity index (χ0n) is 17.5. The maximum absolute atomic E-state index is 13.5. The van der Waals surface area contributed by atoms with E-state index in [4.69, 9.17) is 4.74 Å². The third-order valence-corrected chi connectivity index (χ3v) is 5.17. The molecule has 0 aliphatic heterocycles. The van der Waals surface area contributed by atoms with Crippen molar-refractivity contribution in [3.8, 4) is 11.6 Å². The van der Waals surface area contributed by atoms with E-state index in [0.717, 1.165) is 17.7 Å². The SMILES string of the molecule is COc1cc(CNC(=O)c2ccc3[nH]c(=O)c(Cc4ccc(F)c(F)c4)c(O)c3c2)ccn1. The number of halogens is 2. The van der Waals surface area contributed by atoms with Crippen molar-refractivity contribution in [3.05, 3.63) is 99.0 Å². The topological polar surface area (TPSA) is 104 Å². The second kappa shape index (κ2) is 9.07.